The van der Waals surface area contributed by atoms with Gasteiger partial charge in [-0.05, 0) is 12.3 Å². The van der Waals surface area contributed by atoms with Gasteiger partial charge in [-0.15, -0.1) is 0 Å². The smallest absolute Gasteiger partial charge is 0.228 e. The minimum atomic E-state index is -3.56. The Bertz CT molecular complexity index is 596. The monoisotopic (exact) mass is 300 g/mol. The van der Waals surface area contributed by atoms with E-state index in [9.17, 15) is 13.2 Å². The van der Waals surface area contributed by atoms with E-state index in [2.05, 4.69) is 24.0 Å². The van der Waals surface area contributed by atoms with Crippen LogP contribution in [0.1, 0.15) is 38.3 Å². The van der Waals surface area contributed by atoms with Crippen LogP contribution in [0.4, 0.5) is 5.82 Å². The van der Waals surface area contributed by atoms with Gasteiger partial charge in [0.15, 0.2) is 5.82 Å². The summed E-state index contributed by atoms with van der Waals surface area (Å²) >= 11 is 0. The summed E-state index contributed by atoms with van der Waals surface area (Å²) in [5.74, 6) is 0.358. The highest BCUT2D eigenvalue weighted by Crippen LogP contribution is 2.27. The quantitative estimate of drug-likeness (QED) is 0.828. The molecule has 0 radical (unpaired) electrons. The topological polar surface area (TPSA) is 109 Å². The van der Waals surface area contributed by atoms with Gasteiger partial charge in [0.05, 0.1) is 5.75 Å². The van der Waals surface area contributed by atoms with Crippen LogP contribution in [0.3, 0.4) is 0 Å². The maximum absolute atomic E-state index is 12.0. The van der Waals surface area contributed by atoms with E-state index in [0.29, 0.717) is 18.3 Å². The summed E-state index contributed by atoms with van der Waals surface area (Å²) in [5, 5.41) is 12.1. The third-order valence-corrected chi connectivity index (χ3v) is 4.61. The lowest BCUT2D eigenvalue weighted by Crippen LogP contribution is -2.27. The highest BCUT2D eigenvalue weighted by molar-refractivity contribution is 7.89. The van der Waals surface area contributed by atoms with Gasteiger partial charge in [-0.3, -0.25) is 14.8 Å². The maximum Gasteiger partial charge on any atom is 0.228 e. The molecule has 1 aliphatic heterocycles. The molecule has 2 heterocycles. The molecule has 2 rings (SSSR count). The molecular formula is C12H20N4O3S. The van der Waals surface area contributed by atoms with E-state index in [4.69, 9.17) is 5.14 Å². The second-order valence-corrected chi connectivity index (χ2v) is 7.05. The van der Waals surface area contributed by atoms with Crippen molar-refractivity contribution in [3.05, 3.63) is 11.8 Å². The fraction of sp³-hybridized carbons (Fsp3) is 0.667. The molecule has 3 N–H and O–H groups in total. The van der Waals surface area contributed by atoms with E-state index in [1.807, 2.05) is 6.07 Å². The summed E-state index contributed by atoms with van der Waals surface area (Å²) in [4.78, 5) is 13.5. The Kier molecular flexibility index (Phi) is 4.14. The zero-order chi connectivity index (χ0) is 14.9. The van der Waals surface area contributed by atoms with Crippen molar-refractivity contribution in [1.29, 1.82) is 0 Å². The highest BCUT2D eigenvalue weighted by Gasteiger charge is 2.34. The maximum atomic E-state index is 12.0. The Balaban J connectivity index is 2.10. The summed E-state index contributed by atoms with van der Waals surface area (Å²) < 4.78 is 22.2. The van der Waals surface area contributed by atoms with E-state index >= 15 is 0 Å². The van der Waals surface area contributed by atoms with Crippen LogP contribution in [-0.4, -0.2) is 36.8 Å². The molecule has 0 spiro atoms. The summed E-state index contributed by atoms with van der Waals surface area (Å²) in [5.41, 5.74) is 0.977. The number of anilines is 1. The molecule has 20 heavy (non-hydrogen) atoms. The van der Waals surface area contributed by atoms with E-state index in [-0.39, 0.29) is 24.0 Å². The fourth-order valence-corrected chi connectivity index (χ4v) is 3.26. The van der Waals surface area contributed by atoms with Gasteiger partial charge in [-0.1, -0.05) is 13.8 Å². The molecule has 1 saturated heterocycles. The number of sulfonamides is 1. The Labute approximate surface area is 118 Å². The molecule has 2 unspecified atom stereocenters. The molecule has 0 aliphatic carbocycles. The second kappa shape index (κ2) is 5.53. The lowest BCUT2D eigenvalue weighted by molar-refractivity contribution is -0.117. The second-order valence-electron chi connectivity index (χ2n) is 5.39. The van der Waals surface area contributed by atoms with Crippen LogP contribution in [-0.2, 0) is 14.8 Å². The fourth-order valence-electron chi connectivity index (χ4n) is 2.38. The lowest BCUT2D eigenvalue weighted by Gasteiger charge is -2.12. The molecule has 1 aromatic rings. The first-order valence-corrected chi connectivity index (χ1v) is 8.37. The average molecular weight is 300 g/mol. The number of hydrogen-bond acceptors (Lipinski definition) is 4. The molecule has 112 valence electrons. The van der Waals surface area contributed by atoms with Crippen molar-refractivity contribution in [2.75, 3.05) is 17.2 Å². The number of nitrogens with one attached hydrogen (secondary N) is 1. The highest BCUT2D eigenvalue weighted by atomic mass is 32.2. The zero-order valence-electron chi connectivity index (χ0n) is 11.7. The number of primary sulfonamides is 1. The number of amides is 1. The first-order chi connectivity index (χ1) is 9.30. The summed E-state index contributed by atoms with van der Waals surface area (Å²) in [6, 6.07) is 1.85. The van der Waals surface area contributed by atoms with Crippen molar-refractivity contribution in [2.45, 2.75) is 32.6 Å². The van der Waals surface area contributed by atoms with Crippen LogP contribution in [0.2, 0.25) is 0 Å². The standard InChI is InChI=1S/C12H20N4O3S/c1-3-8(2)10-5-11(15-14-10)16-6-9(4-12(16)17)7-20(13,18)19/h5,8-9H,3-4,6-7H2,1-2H3,(H,14,15)(H2,13,18,19). The molecule has 0 saturated carbocycles. The number of aromatic nitrogens is 2. The first-order valence-electron chi connectivity index (χ1n) is 6.66. The van der Waals surface area contributed by atoms with Crippen LogP contribution in [0.5, 0.6) is 0 Å². The van der Waals surface area contributed by atoms with Gasteiger partial charge >= 0.3 is 0 Å². The molecule has 1 amide bonds. The van der Waals surface area contributed by atoms with Crippen LogP contribution in [0.25, 0.3) is 0 Å². The van der Waals surface area contributed by atoms with Crippen molar-refractivity contribution in [3.63, 3.8) is 0 Å². The largest absolute Gasteiger partial charge is 0.295 e. The summed E-state index contributed by atoms with van der Waals surface area (Å²) in [7, 11) is -3.56. The number of aromatic amines is 1. The van der Waals surface area contributed by atoms with Crippen molar-refractivity contribution in [3.8, 4) is 0 Å². The molecule has 0 bridgehead atoms. The third-order valence-electron chi connectivity index (χ3n) is 3.68. The number of carbonyl (C=O) groups is 1. The van der Waals surface area contributed by atoms with Gasteiger partial charge in [-0.2, -0.15) is 5.10 Å². The first kappa shape index (κ1) is 15.0. The Morgan fingerprint density at radius 1 is 1.60 bits per heavy atom. The predicted molar refractivity (Wildman–Crippen MR) is 75.7 cm³/mol. The van der Waals surface area contributed by atoms with E-state index in [0.717, 1.165) is 12.1 Å². The lowest BCUT2D eigenvalue weighted by atomic mass is 10.1. The van der Waals surface area contributed by atoms with Crippen molar-refractivity contribution in [1.82, 2.24) is 10.2 Å². The van der Waals surface area contributed by atoms with Crippen LogP contribution in [0.15, 0.2) is 6.07 Å². The summed E-state index contributed by atoms with van der Waals surface area (Å²) in [6.07, 6.45) is 1.17. The van der Waals surface area contributed by atoms with E-state index < -0.39 is 10.0 Å². The van der Waals surface area contributed by atoms with Gasteiger partial charge < -0.3 is 0 Å². The number of nitrogens with two attached hydrogens (primary N) is 1. The van der Waals surface area contributed by atoms with Gasteiger partial charge in [-0.25, -0.2) is 13.6 Å². The summed E-state index contributed by atoms with van der Waals surface area (Å²) in [6.45, 7) is 4.50. The molecule has 8 heteroatoms. The van der Waals surface area contributed by atoms with Crippen molar-refractivity contribution >= 4 is 21.7 Å². The Morgan fingerprint density at radius 3 is 2.90 bits per heavy atom. The van der Waals surface area contributed by atoms with E-state index in [1.165, 1.54) is 4.90 Å². The molecule has 1 fully saturated rings. The molecule has 1 aliphatic rings. The number of hydrogen-bond donors (Lipinski definition) is 2. The Morgan fingerprint density at radius 2 is 2.30 bits per heavy atom. The normalized spacial score (nSPS) is 21.4. The van der Waals surface area contributed by atoms with Gasteiger partial charge in [0, 0.05) is 30.6 Å². The molecule has 2 atom stereocenters. The minimum Gasteiger partial charge on any atom is -0.295 e. The predicted octanol–water partition coefficient (Wildman–Crippen LogP) is 0.565. The average Bonchev–Trinajstić information content (AvgIpc) is 2.92. The zero-order valence-corrected chi connectivity index (χ0v) is 12.5. The number of nitrogens with zero attached hydrogens (tertiary/aromatic N) is 2. The van der Waals surface area contributed by atoms with Crippen molar-refractivity contribution < 1.29 is 13.2 Å². The van der Waals surface area contributed by atoms with Crippen LogP contribution >= 0.6 is 0 Å². The molecule has 1 aromatic heterocycles. The molecule has 0 aromatic carbocycles. The van der Waals surface area contributed by atoms with Gasteiger partial charge in [0.2, 0.25) is 15.9 Å². The molecular weight excluding hydrogens is 280 g/mol. The number of carbonyl (C=O) groups excluding carboxylic acids is 1. The van der Waals surface area contributed by atoms with Gasteiger partial charge in [0.1, 0.15) is 0 Å². The number of rotatable bonds is 5. The molecule has 7 nitrogen and oxygen atoms in total. The van der Waals surface area contributed by atoms with E-state index in [1.54, 1.807) is 0 Å². The number of H-pyrrole nitrogens is 1. The van der Waals surface area contributed by atoms with Gasteiger partial charge in [0.25, 0.3) is 0 Å². The van der Waals surface area contributed by atoms with Crippen LogP contribution in [0, 0.1) is 5.92 Å². The SMILES string of the molecule is CCC(C)c1cc(N2CC(CS(N)(=O)=O)CC2=O)n[nH]1. The minimum absolute atomic E-state index is 0.110. The Hall–Kier alpha value is -1.41. The third kappa shape index (κ3) is 3.37. The van der Waals surface area contributed by atoms with Crippen LogP contribution < -0.4 is 10.0 Å². The van der Waals surface area contributed by atoms with Crippen molar-refractivity contribution in [2.24, 2.45) is 11.1 Å².